The Morgan fingerprint density at radius 2 is 2.06 bits per heavy atom. The molecule has 0 radical (unpaired) electrons. The van der Waals surface area contributed by atoms with Crippen LogP contribution < -0.4 is 0 Å². The van der Waals surface area contributed by atoms with Gasteiger partial charge in [0.15, 0.2) is 0 Å². The van der Waals surface area contributed by atoms with Crippen molar-refractivity contribution in [1.29, 1.82) is 0 Å². The van der Waals surface area contributed by atoms with Crippen molar-refractivity contribution in [2.24, 2.45) is 0 Å². The van der Waals surface area contributed by atoms with E-state index in [1.807, 2.05) is 6.92 Å². The minimum atomic E-state index is -0.329. The van der Waals surface area contributed by atoms with Gasteiger partial charge in [-0.2, -0.15) is 0 Å². The number of carbonyl (C=O) groups is 1. The van der Waals surface area contributed by atoms with Crippen molar-refractivity contribution in [1.82, 2.24) is 0 Å². The molecule has 0 saturated carbocycles. The van der Waals surface area contributed by atoms with E-state index < -0.39 is 0 Å². The molecule has 0 aliphatic heterocycles. The highest BCUT2D eigenvalue weighted by atomic mass is 16.5. The van der Waals surface area contributed by atoms with Gasteiger partial charge in [-0.15, -0.1) is 0 Å². The summed E-state index contributed by atoms with van der Waals surface area (Å²) in [7, 11) is 0. The summed E-state index contributed by atoms with van der Waals surface area (Å²) in [6.07, 6.45) is 2.82. The molecule has 0 saturated heterocycles. The van der Waals surface area contributed by atoms with Gasteiger partial charge in [0.25, 0.3) is 0 Å². The summed E-state index contributed by atoms with van der Waals surface area (Å²) in [5, 5.41) is 8.55. The van der Waals surface area contributed by atoms with E-state index in [9.17, 15) is 4.79 Å². The summed E-state index contributed by atoms with van der Waals surface area (Å²) in [4.78, 5) is 11.0. The molecule has 0 rings (SSSR count). The van der Waals surface area contributed by atoms with Crippen LogP contribution in [0.4, 0.5) is 0 Å². The Morgan fingerprint density at radius 1 is 1.38 bits per heavy atom. The number of hydrogen-bond donors (Lipinski definition) is 1. The molecule has 1 N–H and O–H groups in total. The molecule has 1 unspecified atom stereocenters. The Hall–Kier alpha value is -0.870. The van der Waals surface area contributed by atoms with Gasteiger partial charge in [-0.1, -0.05) is 6.58 Å². The van der Waals surface area contributed by atoms with Crippen LogP contribution in [0, 0.1) is 0 Å². The maximum absolute atomic E-state index is 11.0. The van der Waals surface area contributed by atoms with Gasteiger partial charge < -0.3 is 14.6 Å². The fourth-order valence-electron chi connectivity index (χ4n) is 1.16. The second-order valence-corrected chi connectivity index (χ2v) is 3.82. The fourth-order valence-corrected chi connectivity index (χ4v) is 1.16. The van der Waals surface area contributed by atoms with Gasteiger partial charge in [0.1, 0.15) is 0 Å². The summed E-state index contributed by atoms with van der Waals surface area (Å²) in [6, 6.07) is 0. The number of aliphatic hydroxyl groups is 1. The molecule has 0 aromatic carbocycles. The van der Waals surface area contributed by atoms with Crippen LogP contribution >= 0.6 is 0 Å². The molecule has 0 aliphatic rings. The fraction of sp³-hybridized carbons (Fsp3) is 0.750. The lowest BCUT2D eigenvalue weighted by Crippen LogP contribution is -2.12. The highest BCUT2D eigenvalue weighted by Gasteiger charge is 2.04. The zero-order chi connectivity index (χ0) is 12.4. The largest absolute Gasteiger partial charge is 0.462 e. The van der Waals surface area contributed by atoms with Gasteiger partial charge in [-0.05, 0) is 33.1 Å². The molecule has 4 nitrogen and oxygen atoms in total. The molecule has 94 valence electrons. The number of hydrogen-bond acceptors (Lipinski definition) is 4. The van der Waals surface area contributed by atoms with Crippen LogP contribution in [0.1, 0.15) is 33.1 Å². The third-order valence-corrected chi connectivity index (χ3v) is 2.08. The molecule has 4 heteroatoms. The second kappa shape index (κ2) is 9.36. The summed E-state index contributed by atoms with van der Waals surface area (Å²) in [6.45, 7) is 7.96. The van der Waals surface area contributed by atoms with E-state index in [0.29, 0.717) is 18.8 Å². The molecule has 16 heavy (non-hydrogen) atoms. The zero-order valence-electron chi connectivity index (χ0n) is 10.2. The van der Waals surface area contributed by atoms with Crippen molar-refractivity contribution in [3.63, 3.8) is 0 Å². The smallest absolute Gasteiger partial charge is 0.333 e. The van der Waals surface area contributed by atoms with Crippen molar-refractivity contribution in [3.05, 3.63) is 12.2 Å². The average Bonchev–Trinajstić information content (AvgIpc) is 2.25. The van der Waals surface area contributed by atoms with Crippen LogP contribution in [0.2, 0.25) is 0 Å². The van der Waals surface area contributed by atoms with E-state index in [1.54, 1.807) is 6.92 Å². The Morgan fingerprint density at radius 3 is 2.62 bits per heavy atom. The third kappa shape index (κ3) is 8.44. The molecule has 0 fully saturated rings. The molecule has 1 atom stereocenters. The van der Waals surface area contributed by atoms with Crippen LogP contribution in [0.3, 0.4) is 0 Å². The molecule has 0 heterocycles. The standard InChI is InChI=1S/C12H22O4/c1-10(2)12(14)16-8-5-4-6-11(3)15-9-7-13/h11,13H,1,4-9H2,2-3H3. The highest BCUT2D eigenvalue weighted by molar-refractivity contribution is 5.86. The number of carbonyl (C=O) groups excluding carboxylic acids is 1. The van der Waals surface area contributed by atoms with Crippen LogP contribution in [-0.2, 0) is 14.3 Å². The first-order chi connectivity index (χ1) is 7.57. The number of ether oxygens (including phenoxy) is 2. The Balaban J connectivity index is 3.33. The zero-order valence-corrected chi connectivity index (χ0v) is 10.2. The predicted octanol–water partition coefficient (Wildman–Crippen LogP) is 1.67. The molecule has 0 amide bonds. The second-order valence-electron chi connectivity index (χ2n) is 3.82. The minimum Gasteiger partial charge on any atom is -0.462 e. The number of esters is 1. The third-order valence-electron chi connectivity index (χ3n) is 2.08. The summed E-state index contributed by atoms with van der Waals surface area (Å²) in [5.41, 5.74) is 0.430. The van der Waals surface area contributed by atoms with Crippen molar-refractivity contribution >= 4 is 5.97 Å². The van der Waals surface area contributed by atoms with E-state index >= 15 is 0 Å². The van der Waals surface area contributed by atoms with Gasteiger partial charge in [0.05, 0.1) is 25.9 Å². The van der Waals surface area contributed by atoms with Gasteiger partial charge in [0, 0.05) is 5.57 Å². The number of rotatable bonds is 9. The highest BCUT2D eigenvalue weighted by Crippen LogP contribution is 2.05. The van der Waals surface area contributed by atoms with E-state index in [0.717, 1.165) is 19.3 Å². The Bertz CT molecular complexity index is 213. The van der Waals surface area contributed by atoms with E-state index in [2.05, 4.69) is 6.58 Å². The lowest BCUT2D eigenvalue weighted by Gasteiger charge is -2.11. The average molecular weight is 230 g/mol. The first-order valence-electron chi connectivity index (χ1n) is 5.63. The minimum absolute atomic E-state index is 0.0561. The molecule has 0 spiro atoms. The first-order valence-corrected chi connectivity index (χ1v) is 5.63. The van der Waals surface area contributed by atoms with Gasteiger partial charge in [-0.3, -0.25) is 0 Å². The topological polar surface area (TPSA) is 55.8 Å². The van der Waals surface area contributed by atoms with Gasteiger partial charge in [-0.25, -0.2) is 4.79 Å². The van der Waals surface area contributed by atoms with Crippen molar-refractivity contribution in [2.45, 2.75) is 39.2 Å². The normalized spacial score (nSPS) is 12.2. The predicted molar refractivity (Wildman–Crippen MR) is 62.1 cm³/mol. The van der Waals surface area contributed by atoms with E-state index in [-0.39, 0.29) is 18.7 Å². The van der Waals surface area contributed by atoms with Gasteiger partial charge >= 0.3 is 5.97 Å². The summed E-state index contributed by atoms with van der Waals surface area (Å²) < 4.78 is 10.2. The summed E-state index contributed by atoms with van der Waals surface area (Å²) in [5.74, 6) is -0.329. The van der Waals surface area contributed by atoms with Crippen LogP contribution in [0.5, 0.6) is 0 Å². The van der Waals surface area contributed by atoms with Crippen molar-refractivity contribution in [2.75, 3.05) is 19.8 Å². The number of aliphatic hydroxyl groups excluding tert-OH is 1. The van der Waals surface area contributed by atoms with Crippen molar-refractivity contribution < 1.29 is 19.4 Å². The van der Waals surface area contributed by atoms with Gasteiger partial charge in [0.2, 0.25) is 0 Å². The quantitative estimate of drug-likeness (QED) is 0.372. The monoisotopic (exact) mass is 230 g/mol. The van der Waals surface area contributed by atoms with E-state index in [1.165, 1.54) is 0 Å². The lowest BCUT2D eigenvalue weighted by molar-refractivity contribution is -0.139. The van der Waals surface area contributed by atoms with Crippen LogP contribution in [0.15, 0.2) is 12.2 Å². The lowest BCUT2D eigenvalue weighted by atomic mass is 10.2. The maximum atomic E-state index is 11.0. The molecular formula is C12H22O4. The number of unbranched alkanes of at least 4 members (excludes halogenated alkanes) is 1. The Kier molecular flexibility index (Phi) is 8.85. The molecule has 0 aliphatic carbocycles. The molecule has 0 bridgehead atoms. The van der Waals surface area contributed by atoms with Crippen LogP contribution in [-0.4, -0.2) is 37.0 Å². The summed E-state index contributed by atoms with van der Waals surface area (Å²) >= 11 is 0. The Labute approximate surface area is 97.2 Å². The van der Waals surface area contributed by atoms with Crippen molar-refractivity contribution in [3.8, 4) is 0 Å². The van der Waals surface area contributed by atoms with Crippen LogP contribution in [0.25, 0.3) is 0 Å². The van der Waals surface area contributed by atoms with E-state index in [4.69, 9.17) is 14.6 Å². The SMILES string of the molecule is C=C(C)C(=O)OCCCCC(C)OCCO. The maximum Gasteiger partial charge on any atom is 0.333 e. The molecule has 0 aromatic heterocycles. The first kappa shape index (κ1) is 15.1. The molecular weight excluding hydrogens is 208 g/mol. The molecule has 0 aromatic rings.